The molecule has 1 aliphatic heterocycles. The summed E-state index contributed by atoms with van der Waals surface area (Å²) in [5, 5.41) is 0. The molecule has 4 rings (SSSR count). The number of fused-ring (bicyclic) bond motifs is 3. The molecule has 112 valence electrons. The zero-order valence-electron chi connectivity index (χ0n) is 13.0. The average Bonchev–Trinajstić information content (AvgIpc) is 2.89. The minimum absolute atomic E-state index is 0.00717. The summed E-state index contributed by atoms with van der Waals surface area (Å²) in [6, 6.07) is 14.9. The minimum Gasteiger partial charge on any atom is -0.485 e. The second-order valence-electron chi connectivity index (χ2n) is 6.71. The van der Waals surface area contributed by atoms with Gasteiger partial charge in [0.05, 0.1) is 0 Å². The molecule has 1 heterocycles. The molecule has 1 aliphatic carbocycles. The zero-order chi connectivity index (χ0) is 15.3. The smallest absolute Gasteiger partial charge is 0.133 e. The molecule has 3 atom stereocenters. The predicted molar refractivity (Wildman–Crippen MR) is 86.2 cm³/mol. The summed E-state index contributed by atoms with van der Waals surface area (Å²) in [5.41, 5.74) is 4.88. The van der Waals surface area contributed by atoms with Crippen LogP contribution >= 0.6 is 0 Å². The quantitative estimate of drug-likeness (QED) is 0.773. The van der Waals surface area contributed by atoms with Gasteiger partial charge in [-0.15, -0.1) is 0 Å². The third kappa shape index (κ3) is 2.14. The van der Waals surface area contributed by atoms with Crippen LogP contribution in [0.15, 0.2) is 42.5 Å². The van der Waals surface area contributed by atoms with Gasteiger partial charge in [-0.3, -0.25) is 4.79 Å². The van der Waals surface area contributed by atoms with Crippen LogP contribution in [0.1, 0.15) is 47.1 Å². The van der Waals surface area contributed by atoms with Crippen molar-refractivity contribution >= 4 is 5.78 Å². The zero-order valence-corrected chi connectivity index (χ0v) is 13.0. The Labute approximate surface area is 131 Å². The number of benzene rings is 2. The Hall–Kier alpha value is -2.09. The van der Waals surface area contributed by atoms with E-state index < -0.39 is 0 Å². The largest absolute Gasteiger partial charge is 0.485 e. The van der Waals surface area contributed by atoms with E-state index in [1.807, 2.05) is 0 Å². The van der Waals surface area contributed by atoms with Crippen LogP contribution in [0.25, 0.3) is 0 Å². The van der Waals surface area contributed by atoms with Crippen LogP contribution in [-0.2, 0) is 4.79 Å². The van der Waals surface area contributed by atoms with Crippen molar-refractivity contribution in [3.8, 4) is 5.75 Å². The molecule has 1 fully saturated rings. The van der Waals surface area contributed by atoms with Gasteiger partial charge in [-0.2, -0.15) is 0 Å². The van der Waals surface area contributed by atoms with Crippen molar-refractivity contribution in [3.63, 3.8) is 0 Å². The highest BCUT2D eigenvalue weighted by molar-refractivity contribution is 5.83. The average molecular weight is 292 g/mol. The van der Waals surface area contributed by atoms with Crippen molar-refractivity contribution in [2.45, 2.75) is 38.7 Å². The van der Waals surface area contributed by atoms with Crippen LogP contribution < -0.4 is 4.74 Å². The molecule has 2 aliphatic rings. The summed E-state index contributed by atoms with van der Waals surface area (Å²) in [6.45, 7) is 4.18. The summed E-state index contributed by atoms with van der Waals surface area (Å²) in [6.07, 6.45) is 1.29. The Morgan fingerprint density at radius 3 is 2.45 bits per heavy atom. The maximum Gasteiger partial charge on any atom is 0.133 e. The second-order valence-corrected chi connectivity index (χ2v) is 6.71. The van der Waals surface area contributed by atoms with Crippen molar-refractivity contribution < 1.29 is 9.53 Å². The summed E-state index contributed by atoms with van der Waals surface area (Å²) < 4.78 is 6.32. The highest BCUT2D eigenvalue weighted by Gasteiger charge is 2.45. The van der Waals surface area contributed by atoms with E-state index in [1.54, 1.807) is 0 Å². The van der Waals surface area contributed by atoms with Crippen LogP contribution in [0.5, 0.6) is 5.75 Å². The highest BCUT2D eigenvalue weighted by Crippen LogP contribution is 2.52. The first-order chi connectivity index (χ1) is 10.6. The van der Waals surface area contributed by atoms with Crippen molar-refractivity contribution in [3.05, 3.63) is 64.7 Å². The molecule has 0 N–H and O–H groups in total. The Bertz CT molecular complexity index is 730. The number of hydrogen-bond donors (Lipinski definition) is 0. The Morgan fingerprint density at radius 1 is 0.955 bits per heavy atom. The molecule has 0 bridgehead atoms. The van der Waals surface area contributed by atoms with Crippen molar-refractivity contribution in [2.24, 2.45) is 5.92 Å². The number of ketones is 1. The van der Waals surface area contributed by atoms with E-state index in [0.29, 0.717) is 24.5 Å². The first kappa shape index (κ1) is 13.6. The molecule has 0 radical (unpaired) electrons. The topological polar surface area (TPSA) is 26.3 Å². The van der Waals surface area contributed by atoms with Crippen LogP contribution in [0.4, 0.5) is 0 Å². The summed E-state index contributed by atoms with van der Waals surface area (Å²) >= 11 is 0. The number of carbonyl (C=O) groups is 1. The minimum atomic E-state index is -0.00717. The Balaban J connectivity index is 1.79. The molecule has 2 nitrogen and oxygen atoms in total. The number of carbonyl (C=O) groups excluding carboxylic acids is 1. The SMILES string of the molecule is Cc1ccc([C@H]2Oc3ccc(C)cc3[C@H]3CC(=O)CC32)cc1. The number of rotatable bonds is 1. The highest BCUT2D eigenvalue weighted by atomic mass is 16.5. The summed E-state index contributed by atoms with van der Waals surface area (Å²) in [5.74, 6) is 1.89. The molecular weight excluding hydrogens is 272 g/mol. The van der Waals surface area contributed by atoms with E-state index >= 15 is 0 Å². The molecular formula is C20H20O2. The lowest BCUT2D eigenvalue weighted by atomic mass is 9.79. The number of hydrogen-bond acceptors (Lipinski definition) is 2. The maximum atomic E-state index is 12.1. The predicted octanol–water partition coefficient (Wildman–Crippen LogP) is 4.50. The maximum absolute atomic E-state index is 12.1. The van der Waals surface area contributed by atoms with Crippen LogP contribution in [0.2, 0.25) is 0 Å². The molecule has 2 aromatic carbocycles. The van der Waals surface area contributed by atoms with E-state index in [1.165, 1.54) is 22.3 Å². The fourth-order valence-corrected chi connectivity index (χ4v) is 3.90. The van der Waals surface area contributed by atoms with Gasteiger partial charge in [-0.25, -0.2) is 0 Å². The monoisotopic (exact) mass is 292 g/mol. The van der Waals surface area contributed by atoms with Crippen LogP contribution in [-0.4, -0.2) is 5.78 Å². The van der Waals surface area contributed by atoms with E-state index in [4.69, 9.17) is 4.74 Å². The Kier molecular flexibility index (Phi) is 3.07. The van der Waals surface area contributed by atoms with Crippen molar-refractivity contribution in [1.29, 1.82) is 0 Å². The van der Waals surface area contributed by atoms with Gasteiger partial charge < -0.3 is 4.74 Å². The molecule has 2 aromatic rings. The molecule has 22 heavy (non-hydrogen) atoms. The van der Waals surface area contributed by atoms with Crippen molar-refractivity contribution in [2.75, 3.05) is 0 Å². The number of aryl methyl sites for hydroxylation is 2. The molecule has 0 amide bonds. The first-order valence-corrected chi connectivity index (χ1v) is 7.97. The third-order valence-corrected chi connectivity index (χ3v) is 5.04. The Morgan fingerprint density at radius 2 is 1.68 bits per heavy atom. The molecule has 0 saturated heterocycles. The summed E-state index contributed by atoms with van der Waals surface area (Å²) in [4.78, 5) is 12.1. The molecule has 2 heteroatoms. The van der Waals surface area contributed by atoms with Gasteiger partial charge >= 0.3 is 0 Å². The van der Waals surface area contributed by atoms with Gasteiger partial charge in [-0.05, 0) is 31.0 Å². The van der Waals surface area contributed by atoms with E-state index in [0.717, 1.165) is 5.75 Å². The molecule has 0 aromatic heterocycles. The lowest BCUT2D eigenvalue weighted by Crippen LogP contribution is -2.26. The lowest BCUT2D eigenvalue weighted by Gasteiger charge is -2.36. The number of ether oxygens (including phenoxy) is 1. The van der Waals surface area contributed by atoms with Gasteiger partial charge in [0, 0.05) is 24.7 Å². The van der Waals surface area contributed by atoms with Crippen molar-refractivity contribution in [1.82, 2.24) is 0 Å². The van der Waals surface area contributed by atoms with Gasteiger partial charge in [0.1, 0.15) is 17.6 Å². The fraction of sp³-hybridized carbons (Fsp3) is 0.350. The van der Waals surface area contributed by atoms with E-state index in [9.17, 15) is 4.79 Å². The van der Waals surface area contributed by atoms with Gasteiger partial charge in [0.2, 0.25) is 0 Å². The lowest BCUT2D eigenvalue weighted by molar-refractivity contribution is -0.117. The second kappa shape index (κ2) is 4.98. The fourth-order valence-electron chi connectivity index (χ4n) is 3.90. The van der Waals surface area contributed by atoms with Gasteiger partial charge in [0.25, 0.3) is 0 Å². The van der Waals surface area contributed by atoms with E-state index in [2.05, 4.69) is 56.3 Å². The molecule has 1 unspecified atom stereocenters. The van der Waals surface area contributed by atoms with E-state index in [-0.39, 0.29) is 12.0 Å². The first-order valence-electron chi connectivity index (χ1n) is 7.97. The normalized spacial score (nSPS) is 26.3. The summed E-state index contributed by atoms with van der Waals surface area (Å²) in [7, 11) is 0. The standard InChI is InChI=1S/C20H20O2/c1-12-3-6-14(7-4-12)20-18-11-15(21)10-16(18)17-9-13(2)5-8-19(17)22-20/h3-9,16,18,20H,10-11H2,1-2H3/t16-,18?,20-/m1/s1. The van der Waals surface area contributed by atoms with Gasteiger partial charge in [-0.1, -0.05) is 47.5 Å². The molecule has 1 saturated carbocycles. The molecule has 0 spiro atoms. The van der Waals surface area contributed by atoms with Crippen LogP contribution in [0, 0.1) is 19.8 Å². The van der Waals surface area contributed by atoms with Crippen LogP contribution in [0.3, 0.4) is 0 Å². The number of Topliss-reactive ketones (excluding diaryl/α,β-unsaturated/α-hetero) is 1. The third-order valence-electron chi connectivity index (χ3n) is 5.04. The van der Waals surface area contributed by atoms with Gasteiger partial charge in [0.15, 0.2) is 0 Å².